The Kier molecular flexibility index (Phi) is 3.26. The summed E-state index contributed by atoms with van der Waals surface area (Å²) in [6.45, 7) is 1.53. The van der Waals surface area contributed by atoms with E-state index < -0.39 is 0 Å². The predicted molar refractivity (Wildman–Crippen MR) is 45.6 cm³/mol. The lowest BCUT2D eigenvalue weighted by Gasteiger charge is -2.25. The monoisotopic (exact) mass is 169 g/mol. The Hall–Kier alpha value is -0.860. The Balaban J connectivity index is 2.26. The molecular weight excluding hydrogens is 154 g/mol. The molecule has 68 valence electrons. The van der Waals surface area contributed by atoms with E-state index >= 15 is 0 Å². The van der Waals surface area contributed by atoms with Gasteiger partial charge in [0.25, 0.3) is 0 Å². The van der Waals surface area contributed by atoms with E-state index in [0.29, 0.717) is 6.04 Å². The van der Waals surface area contributed by atoms with Crippen LogP contribution in [0.4, 0.5) is 0 Å². The van der Waals surface area contributed by atoms with Crippen LogP contribution in [0, 0.1) is 5.92 Å². The Bertz CT molecular complexity index is 171. The van der Waals surface area contributed by atoms with E-state index in [4.69, 9.17) is 0 Å². The van der Waals surface area contributed by atoms with Crippen LogP contribution in [0.2, 0.25) is 0 Å². The molecule has 0 bridgehead atoms. The molecule has 1 saturated carbocycles. The fourth-order valence-electron chi connectivity index (χ4n) is 1.69. The molecule has 3 heteroatoms. The van der Waals surface area contributed by atoms with Crippen molar-refractivity contribution in [1.82, 2.24) is 5.32 Å². The average molecular weight is 169 g/mol. The zero-order chi connectivity index (χ0) is 8.97. The van der Waals surface area contributed by atoms with Crippen molar-refractivity contribution in [3.63, 3.8) is 0 Å². The van der Waals surface area contributed by atoms with E-state index in [1.165, 1.54) is 6.92 Å². The lowest BCUT2D eigenvalue weighted by atomic mass is 9.87. The summed E-state index contributed by atoms with van der Waals surface area (Å²) < 4.78 is 0. The van der Waals surface area contributed by atoms with Gasteiger partial charge in [0.1, 0.15) is 6.29 Å². The Labute approximate surface area is 72.5 Å². The Morgan fingerprint density at radius 2 is 1.92 bits per heavy atom. The van der Waals surface area contributed by atoms with Crippen molar-refractivity contribution >= 4 is 12.2 Å². The minimum Gasteiger partial charge on any atom is -0.354 e. The maximum Gasteiger partial charge on any atom is 0.217 e. The molecule has 0 spiro atoms. The van der Waals surface area contributed by atoms with Gasteiger partial charge in [-0.3, -0.25) is 4.79 Å². The third-order valence-corrected chi connectivity index (χ3v) is 2.37. The minimum atomic E-state index is 0.0320. The fourth-order valence-corrected chi connectivity index (χ4v) is 1.69. The molecule has 0 aromatic carbocycles. The predicted octanol–water partition coefficient (Wildman–Crippen LogP) is 0.880. The quantitative estimate of drug-likeness (QED) is 0.624. The van der Waals surface area contributed by atoms with Gasteiger partial charge in [-0.15, -0.1) is 0 Å². The number of carbonyl (C=O) groups is 2. The van der Waals surface area contributed by atoms with Gasteiger partial charge in [-0.25, -0.2) is 0 Å². The standard InChI is InChI=1S/C9H15NO2/c1-7(12)10-9-4-2-8(6-11)3-5-9/h6,8-9H,2-5H2,1H3,(H,10,12)/t8-,9-. The molecule has 1 aliphatic carbocycles. The van der Waals surface area contributed by atoms with Gasteiger partial charge in [0, 0.05) is 18.9 Å². The highest BCUT2D eigenvalue weighted by Gasteiger charge is 2.20. The van der Waals surface area contributed by atoms with Gasteiger partial charge < -0.3 is 10.1 Å². The molecule has 1 N–H and O–H groups in total. The van der Waals surface area contributed by atoms with Crippen molar-refractivity contribution in [1.29, 1.82) is 0 Å². The molecule has 0 atom stereocenters. The van der Waals surface area contributed by atoms with Crippen LogP contribution in [-0.2, 0) is 9.59 Å². The first kappa shape index (κ1) is 9.23. The summed E-state index contributed by atoms with van der Waals surface area (Å²) >= 11 is 0. The molecular formula is C9H15NO2. The molecule has 1 rings (SSSR count). The number of aldehydes is 1. The highest BCUT2D eigenvalue weighted by molar-refractivity contribution is 5.73. The Morgan fingerprint density at radius 1 is 1.33 bits per heavy atom. The first-order valence-electron chi connectivity index (χ1n) is 4.44. The van der Waals surface area contributed by atoms with Crippen LogP contribution >= 0.6 is 0 Å². The van der Waals surface area contributed by atoms with E-state index in [0.717, 1.165) is 32.0 Å². The molecule has 0 aromatic rings. The average Bonchev–Trinajstić information content (AvgIpc) is 2.05. The summed E-state index contributed by atoms with van der Waals surface area (Å²) in [6, 6.07) is 0.304. The number of amides is 1. The normalized spacial score (nSPS) is 29.4. The summed E-state index contributed by atoms with van der Waals surface area (Å²) in [5.41, 5.74) is 0. The SMILES string of the molecule is CC(=O)N[C@H]1CC[C@H](C=O)CC1. The fraction of sp³-hybridized carbons (Fsp3) is 0.778. The van der Waals surface area contributed by atoms with Gasteiger partial charge in [0.15, 0.2) is 0 Å². The van der Waals surface area contributed by atoms with Gasteiger partial charge in [-0.2, -0.15) is 0 Å². The zero-order valence-electron chi connectivity index (χ0n) is 7.38. The molecule has 3 nitrogen and oxygen atoms in total. The van der Waals surface area contributed by atoms with Crippen molar-refractivity contribution in [2.45, 2.75) is 38.6 Å². The minimum absolute atomic E-state index is 0.0320. The van der Waals surface area contributed by atoms with Crippen LogP contribution in [0.1, 0.15) is 32.6 Å². The molecule has 1 amide bonds. The third kappa shape index (κ3) is 2.64. The van der Waals surface area contributed by atoms with Crippen molar-refractivity contribution in [3.8, 4) is 0 Å². The lowest BCUT2D eigenvalue weighted by Crippen LogP contribution is -2.36. The number of nitrogens with one attached hydrogen (secondary N) is 1. The molecule has 0 aliphatic heterocycles. The molecule has 0 unspecified atom stereocenters. The second-order valence-electron chi connectivity index (χ2n) is 3.45. The molecule has 1 fully saturated rings. The van der Waals surface area contributed by atoms with Gasteiger partial charge in [0.05, 0.1) is 0 Å². The zero-order valence-corrected chi connectivity index (χ0v) is 7.38. The van der Waals surface area contributed by atoms with Crippen LogP contribution in [0.15, 0.2) is 0 Å². The van der Waals surface area contributed by atoms with Crippen molar-refractivity contribution in [2.24, 2.45) is 5.92 Å². The topological polar surface area (TPSA) is 46.2 Å². The van der Waals surface area contributed by atoms with Crippen LogP contribution in [0.25, 0.3) is 0 Å². The van der Waals surface area contributed by atoms with Gasteiger partial charge in [-0.05, 0) is 25.7 Å². The van der Waals surface area contributed by atoms with Crippen LogP contribution < -0.4 is 5.32 Å². The van der Waals surface area contributed by atoms with Gasteiger partial charge in [-0.1, -0.05) is 0 Å². The summed E-state index contributed by atoms with van der Waals surface area (Å²) in [7, 11) is 0. The largest absolute Gasteiger partial charge is 0.354 e. The van der Waals surface area contributed by atoms with E-state index in [9.17, 15) is 9.59 Å². The third-order valence-electron chi connectivity index (χ3n) is 2.37. The maximum atomic E-state index is 10.7. The lowest BCUT2D eigenvalue weighted by molar-refractivity contribution is -0.119. The Morgan fingerprint density at radius 3 is 2.33 bits per heavy atom. The van der Waals surface area contributed by atoms with Crippen molar-refractivity contribution < 1.29 is 9.59 Å². The summed E-state index contributed by atoms with van der Waals surface area (Å²) in [5, 5.41) is 2.87. The summed E-state index contributed by atoms with van der Waals surface area (Å²) in [5.74, 6) is 0.263. The van der Waals surface area contributed by atoms with Crippen LogP contribution in [-0.4, -0.2) is 18.2 Å². The van der Waals surface area contributed by atoms with E-state index in [-0.39, 0.29) is 11.8 Å². The highest BCUT2D eigenvalue weighted by Crippen LogP contribution is 2.22. The molecule has 0 radical (unpaired) electrons. The molecule has 0 heterocycles. The van der Waals surface area contributed by atoms with Gasteiger partial charge in [0.2, 0.25) is 5.91 Å². The smallest absolute Gasteiger partial charge is 0.217 e. The van der Waals surface area contributed by atoms with Crippen molar-refractivity contribution in [3.05, 3.63) is 0 Å². The molecule has 12 heavy (non-hydrogen) atoms. The van der Waals surface area contributed by atoms with E-state index in [2.05, 4.69) is 5.32 Å². The highest BCUT2D eigenvalue weighted by atomic mass is 16.1. The molecule has 0 aromatic heterocycles. The van der Waals surface area contributed by atoms with E-state index in [1.807, 2.05) is 0 Å². The number of hydrogen-bond acceptors (Lipinski definition) is 2. The first-order valence-corrected chi connectivity index (χ1v) is 4.44. The van der Waals surface area contributed by atoms with Crippen LogP contribution in [0.5, 0.6) is 0 Å². The second kappa shape index (κ2) is 4.24. The van der Waals surface area contributed by atoms with E-state index in [1.54, 1.807) is 0 Å². The second-order valence-corrected chi connectivity index (χ2v) is 3.45. The van der Waals surface area contributed by atoms with Gasteiger partial charge >= 0.3 is 0 Å². The number of hydrogen-bond donors (Lipinski definition) is 1. The molecule has 0 saturated heterocycles. The van der Waals surface area contributed by atoms with Crippen LogP contribution in [0.3, 0.4) is 0 Å². The van der Waals surface area contributed by atoms with Crippen molar-refractivity contribution in [2.75, 3.05) is 0 Å². The maximum absolute atomic E-state index is 10.7. The number of carbonyl (C=O) groups excluding carboxylic acids is 2. The molecule has 1 aliphatic rings. The summed E-state index contributed by atoms with van der Waals surface area (Å²) in [4.78, 5) is 21.1. The number of rotatable bonds is 2. The summed E-state index contributed by atoms with van der Waals surface area (Å²) in [6.07, 6.45) is 4.78. The first-order chi connectivity index (χ1) is 5.72.